The molecule has 8 heteroatoms. The number of benzene rings is 2. The Labute approximate surface area is 235 Å². The molecule has 1 amide bonds. The maximum atomic E-state index is 13.2. The highest BCUT2D eigenvalue weighted by molar-refractivity contribution is 5.85. The van der Waals surface area contributed by atoms with Crippen LogP contribution in [-0.4, -0.2) is 39.4 Å². The summed E-state index contributed by atoms with van der Waals surface area (Å²) in [5.41, 5.74) is 6.47. The Morgan fingerprint density at radius 1 is 0.975 bits per heavy atom. The highest BCUT2D eigenvalue weighted by Gasteiger charge is 2.21. The number of rotatable bonds is 11. The molecule has 0 unspecified atom stereocenters. The summed E-state index contributed by atoms with van der Waals surface area (Å²) in [6.07, 6.45) is 0.885. The number of esters is 1. The second-order valence-corrected chi connectivity index (χ2v) is 10.2. The number of nitrogens with zero attached hydrogens (tertiary/aromatic N) is 3. The average Bonchev–Trinajstić information content (AvgIpc) is 3.24. The van der Waals surface area contributed by atoms with Gasteiger partial charge >= 0.3 is 5.97 Å². The summed E-state index contributed by atoms with van der Waals surface area (Å²) in [4.78, 5) is 30.4. The van der Waals surface area contributed by atoms with Gasteiger partial charge in [0.15, 0.2) is 5.65 Å². The van der Waals surface area contributed by atoms with E-state index >= 15 is 0 Å². The van der Waals surface area contributed by atoms with Gasteiger partial charge in [-0.2, -0.15) is 5.10 Å². The van der Waals surface area contributed by atoms with Gasteiger partial charge in [-0.3, -0.25) is 9.59 Å². The lowest BCUT2D eigenvalue weighted by Crippen LogP contribution is -2.31. The van der Waals surface area contributed by atoms with Crippen molar-refractivity contribution >= 4 is 22.9 Å². The normalized spacial score (nSPS) is 12.0. The average molecular weight is 543 g/mol. The molecular weight excluding hydrogens is 504 g/mol. The molecule has 0 radical (unpaired) electrons. The molecule has 0 aliphatic rings. The molecule has 0 aliphatic carbocycles. The lowest BCUT2D eigenvalue weighted by Gasteiger charge is -2.20. The molecule has 210 valence electrons. The van der Waals surface area contributed by atoms with Crippen molar-refractivity contribution in [2.75, 3.05) is 6.61 Å². The zero-order valence-electron chi connectivity index (χ0n) is 24.2. The van der Waals surface area contributed by atoms with E-state index in [2.05, 4.69) is 12.2 Å². The Hall–Kier alpha value is -4.20. The third kappa shape index (κ3) is 6.68. The predicted molar refractivity (Wildman–Crippen MR) is 156 cm³/mol. The molecule has 0 spiro atoms. The van der Waals surface area contributed by atoms with Gasteiger partial charge < -0.3 is 14.8 Å². The Balaban J connectivity index is 1.52. The van der Waals surface area contributed by atoms with Crippen LogP contribution in [0.5, 0.6) is 5.75 Å². The number of nitrogens with one attached hydrogen (secondary N) is 1. The minimum Gasteiger partial charge on any atom is -0.491 e. The van der Waals surface area contributed by atoms with Crippen molar-refractivity contribution in [2.45, 2.75) is 73.0 Å². The molecule has 4 aromatic rings. The van der Waals surface area contributed by atoms with Crippen molar-refractivity contribution in [3.63, 3.8) is 0 Å². The molecule has 8 nitrogen and oxygen atoms in total. The van der Waals surface area contributed by atoms with Crippen LogP contribution in [0.4, 0.5) is 0 Å². The molecular formula is C32H38N4O4. The van der Waals surface area contributed by atoms with Gasteiger partial charge in [-0.15, -0.1) is 0 Å². The Morgan fingerprint density at radius 3 is 2.33 bits per heavy atom. The van der Waals surface area contributed by atoms with Crippen LogP contribution in [0.2, 0.25) is 0 Å². The fraction of sp³-hybridized carbons (Fsp3) is 0.375. The summed E-state index contributed by atoms with van der Waals surface area (Å²) in [6.45, 7) is 12.0. The first-order valence-corrected chi connectivity index (χ1v) is 13.8. The molecule has 0 bridgehead atoms. The van der Waals surface area contributed by atoms with Gasteiger partial charge in [-0.05, 0) is 88.9 Å². The summed E-state index contributed by atoms with van der Waals surface area (Å²) in [5, 5.41) is 8.81. The Bertz CT molecular complexity index is 1480. The van der Waals surface area contributed by atoms with Crippen LogP contribution in [0, 0.1) is 20.8 Å². The van der Waals surface area contributed by atoms with Crippen LogP contribution in [0.1, 0.15) is 67.7 Å². The third-order valence-corrected chi connectivity index (χ3v) is 6.84. The fourth-order valence-corrected chi connectivity index (χ4v) is 5.02. The standard InChI is InChI=1S/C32H38N4O4/c1-7-39-30(38)19-28(24-13-15-26(16-14-24)40-20(2)3)34-29(37)18-17-27-21(4)31-23(6)35-36(32(31)33-22(27)5)25-11-9-8-10-12-25/h8-16,20,28H,7,17-19H2,1-6H3,(H,34,37)/t28-/m0/s1. The minimum atomic E-state index is -0.506. The zero-order chi connectivity index (χ0) is 28.8. The molecule has 0 fully saturated rings. The summed E-state index contributed by atoms with van der Waals surface area (Å²) in [6, 6.07) is 16.9. The van der Waals surface area contributed by atoms with E-state index in [0.717, 1.165) is 50.5 Å². The first-order chi connectivity index (χ1) is 19.2. The minimum absolute atomic E-state index is 0.0490. The SMILES string of the molecule is CCOC(=O)C[C@H](NC(=O)CCc1c(C)nc2c(c(C)nn2-c2ccccc2)c1C)c1ccc(OC(C)C)cc1. The van der Waals surface area contributed by atoms with Crippen LogP contribution in [-0.2, 0) is 20.7 Å². The van der Waals surface area contributed by atoms with E-state index in [4.69, 9.17) is 19.6 Å². The number of aryl methyl sites for hydroxylation is 3. The molecule has 1 atom stereocenters. The maximum absolute atomic E-state index is 13.2. The second-order valence-electron chi connectivity index (χ2n) is 10.2. The molecule has 2 aromatic heterocycles. The highest BCUT2D eigenvalue weighted by Crippen LogP contribution is 2.28. The fourth-order valence-electron chi connectivity index (χ4n) is 5.02. The van der Waals surface area contributed by atoms with E-state index in [1.165, 1.54) is 0 Å². The van der Waals surface area contributed by atoms with Gasteiger partial charge in [0, 0.05) is 17.5 Å². The van der Waals surface area contributed by atoms with E-state index in [0.29, 0.717) is 6.42 Å². The number of amides is 1. The Morgan fingerprint density at radius 2 is 1.68 bits per heavy atom. The van der Waals surface area contributed by atoms with E-state index in [-0.39, 0.29) is 37.4 Å². The molecule has 2 aromatic carbocycles. The lowest BCUT2D eigenvalue weighted by atomic mass is 9.98. The predicted octanol–water partition coefficient (Wildman–Crippen LogP) is 5.88. The van der Waals surface area contributed by atoms with Crippen LogP contribution < -0.4 is 10.1 Å². The van der Waals surface area contributed by atoms with Crippen molar-refractivity contribution in [1.29, 1.82) is 0 Å². The molecule has 0 aliphatic heterocycles. The number of hydrogen-bond donors (Lipinski definition) is 1. The number of fused-ring (bicyclic) bond motifs is 1. The van der Waals surface area contributed by atoms with Gasteiger partial charge in [0.2, 0.25) is 5.91 Å². The molecule has 0 saturated heterocycles. The number of hydrogen-bond acceptors (Lipinski definition) is 6. The first kappa shape index (κ1) is 28.8. The van der Waals surface area contributed by atoms with E-state index in [9.17, 15) is 9.59 Å². The monoisotopic (exact) mass is 542 g/mol. The number of ether oxygens (including phenoxy) is 2. The van der Waals surface area contributed by atoms with Crippen molar-refractivity contribution in [3.05, 3.63) is 82.7 Å². The number of pyridine rings is 1. The number of carbonyl (C=O) groups excluding carboxylic acids is 2. The third-order valence-electron chi connectivity index (χ3n) is 6.84. The summed E-state index contributed by atoms with van der Waals surface area (Å²) < 4.78 is 12.8. The van der Waals surface area contributed by atoms with E-state index < -0.39 is 6.04 Å². The number of carbonyl (C=O) groups is 2. The van der Waals surface area contributed by atoms with Crippen LogP contribution in [0.3, 0.4) is 0 Å². The number of para-hydroxylation sites is 1. The van der Waals surface area contributed by atoms with Crippen molar-refractivity contribution in [1.82, 2.24) is 20.1 Å². The molecule has 4 rings (SSSR count). The molecule has 1 N–H and O–H groups in total. The largest absolute Gasteiger partial charge is 0.491 e. The van der Waals surface area contributed by atoms with Gasteiger partial charge in [-0.1, -0.05) is 30.3 Å². The van der Waals surface area contributed by atoms with Crippen LogP contribution in [0.15, 0.2) is 54.6 Å². The van der Waals surface area contributed by atoms with Crippen molar-refractivity contribution in [2.24, 2.45) is 0 Å². The molecule has 40 heavy (non-hydrogen) atoms. The zero-order valence-corrected chi connectivity index (χ0v) is 24.2. The van der Waals surface area contributed by atoms with Gasteiger partial charge in [0.1, 0.15) is 5.75 Å². The van der Waals surface area contributed by atoms with Crippen LogP contribution >= 0.6 is 0 Å². The summed E-state index contributed by atoms with van der Waals surface area (Å²) >= 11 is 0. The highest BCUT2D eigenvalue weighted by atomic mass is 16.5. The van der Waals surface area contributed by atoms with E-state index in [1.54, 1.807) is 6.92 Å². The lowest BCUT2D eigenvalue weighted by molar-refractivity contribution is -0.143. The second kappa shape index (κ2) is 12.8. The quantitative estimate of drug-likeness (QED) is 0.238. The van der Waals surface area contributed by atoms with Crippen molar-refractivity contribution < 1.29 is 19.1 Å². The maximum Gasteiger partial charge on any atom is 0.308 e. The smallest absolute Gasteiger partial charge is 0.308 e. The van der Waals surface area contributed by atoms with Gasteiger partial charge in [0.25, 0.3) is 0 Å². The van der Waals surface area contributed by atoms with E-state index in [1.807, 2.05) is 87.0 Å². The molecule has 0 saturated carbocycles. The number of aromatic nitrogens is 3. The van der Waals surface area contributed by atoms with Crippen molar-refractivity contribution in [3.8, 4) is 11.4 Å². The van der Waals surface area contributed by atoms with Gasteiger partial charge in [-0.25, -0.2) is 9.67 Å². The first-order valence-electron chi connectivity index (χ1n) is 13.8. The summed E-state index contributed by atoms with van der Waals surface area (Å²) in [7, 11) is 0. The Kier molecular flexibility index (Phi) is 9.19. The topological polar surface area (TPSA) is 95.3 Å². The summed E-state index contributed by atoms with van der Waals surface area (Å²) in [5.74, 6) is 0.231. The molecule has 2 heterocycles. The van der Waals surface area contributed by atoms with Gasteiger partial charge in [0.05, 0.1) is 36.6 Å². The van der Waals surface area contributed by atoms with Crippen LogP contribution in [0.25, 0.3) is 16.7 Å².